The second-order valence-corrected chi connectivity index (χ2v) is 6.69. The maximum atomic E-state index is 12.1. The van der Waals surface area contributed by atoms with E-state index in [0.717, 1.165) is 49.0 Å². The van der Waals surface area contributed by atoms with Gasteiger partial charge in [-0.25, -0.2) is 4.79 Å². The molecule has 2 heterocycles. The molecule has 1 fully saturated rings. The Balaban J connectivity index is 1.27. The average Bonchev–Trinajstić information content (AvgIpc) is 3.20. The van der Waals surface area contributed by atoms with Crippen LogP contribution in [0.25, 0.3) is 0 Å². The summed E-state index contributed by atoms with van der Waals surface area (Å²) in [5.74, 6) is 3.38. The lowest BCUT2D eigenvalue weighted by Gasteiger charge is -2.12. The zero-order chi connectivity index (χ0) is 17.1. The van der Waals surface area contributed by atoms with Gasteiger partial charge in [-0.15, -0.1) is 10.2 Å². The van der Waals surface area contributed by atoms with Crippen LogP contribution in [0.15, 0.2) is 24.3 Å². The first kappa shape index (κ1) is 15.9. The van der Waals surface area contributed by atoms with Crippen molar-refractivity contribution in [3.63, 3.8) is 0 Å². The molecule has 2 aromatic rings. The molecule has 132 valence electrons. The molecule has 2 N–H and O–H groups in total. The quantitative estimate of drug-likeness (QED) is 0.807. The van der Waals surface area contributed by atoms with E-state index >= 15 is 0 Å². The topological polar surface area (TPSA) is 81.1 Å². The van der Waals surface area contributed by atoms with Crippen LogP contribution in [-0.4, -0.2) is 27.4 Å². The molecule has 0 radical (unpaired) electrons. The number of nitrogens with zero attached hydrogens (tertiary/aromatic N) is 3. The normalized spacial score (nSPS) is 15.7. The summed E-state index contributed by atoms with van der Waals surface area (Å²) in [7, 11) is 0. The van der Waals surface area contributed by atoms with E-state index in [0.29, 0.717) is 19.0 Å². The predicted octanol–water partition coefficient (Wildman–Crippen LogP) is 2.01. The van der Waals surface area contributed by atoms with Gasteiger partial charge in [-0.05, 0) is 31.2 Å². The molecule has 7 nitrogen and oxygen atoms in total. The number of aromatic nitrogens is 3. The Kier molecular flexibility index (Phi) is 4.54. The van der Waals surface area contributed by atoms with Gasteiger partial charge in [-0.2, -0.15) is 0 Å². The fourth-order valence-electron chi connectivity index (χ4n) is 3.02. The highest BCUT2D eigenvalue weighted by Crippen LogP contribution is 2.30. The molecule has 1 aliphatic heterocycles. The van der Waals surface area contributed by atoms with Gasteiger partial charge in [-0.1, -0.05) is 18.2 Å². The van der Waals surface area contributed by atoms with Crippen molar-refractivity contribution in [3.05, 3.63) is 41.5 Å². The van der Waals surface area contributed by atoms with Crippen LogP contribution in [0, 0.1) is 5.92 Å². The number of hydrogen-bond acceptors (Lipinski definition) is 4. The smallest absolute Gasteiger partial charge is 0.315 e. The lowest BCUT2D eigenvalue weighted by Crippen LogP contribution is -2.35. The van der Waals surface area contributed by atoms with Crippen molar-refractivity contribution in [3.8, 4) is 5.75 Å². The van der Waals surface area contributed by atoms with Crippen molar-refractivity contribution in [1.29, 1.82) is 0 Å². The van der Waals surface area contributed by atoms with Crippen LogP contribution in [0.2, 0.25) is 0 Å². The number of urea groups is 1. The molecule has 1 aromatic carbocycles. The number of rotatable bonds is 7. The largest absolute Gasteiger partial charge is 0.493 e. The van der Waals surface area contributed by atoms with Crippen LogP contribution in [0.5, 0.6) is 5.75 Å². The summed E-state index contributed by atoms with van der Waals surface area (Å²) in [6, 6.07) is 7.63. The van der Waals surface area contributed by atoms with Crippen molar-refractivity contribution in [2.75, 3.05) is 6.61 Å². The van der Waals surface area contributed by atoms with Crippen molar-refractivity contribution >= 4 is 6.03 Å². The van der Waals surface area contributed by atoms with Gasteiger partial charge in [0.2, 0.25) is 0 Å². The number of hydrogen-bond donors (Lipinski definition) is 2. The zero-order valence-corrected chi connectivity index (χ0v) is 14.2. The second kappa shape index (κ2) is 7.13. The van der Waals surface area contributed by atoms with E-state index < -0.39 is 0 Å². The summed E-state index contributed by atoms with van der Waals surface area (Å²) < 4.78 is 7.95. The standard InChI is InChI=1S/C18H23N5O2/c24-18(20-11-17-22-21-16-6-3-9-23(16)17)19-10-14-4-1-2-5-15(14)25-12-13-7-8-13/h1-2,4-5,13H,3,6-12H2,(H2,19,20,24). The molecule has 0 unspecified atom stereocenters. The third kappa shape index (κ3) is 3.92. The lowest BCUT2D eigenvalue weighted by molar-refractivity contribution is 0.239. The number of carbonyl (C=O) groups excluding carboxylic acids is 1. The highest BCUT2D eigenvalue weighted by molar-refractivity contribution is 5.73. The number of nitrogens with one attached hydrogen (secondary N) is 2. The van der Waals surface area contributed by atoms with Gasteiger partial charge in [0.15, 0.2) is 5.82 Å². The minimum absolute atomic E-state index is 0.215. The first-order chi connectivity index (χ1) is 12.3. The molecule has 0 bridgehead atoms. The third-order valence-corrected chi connectivity index (χ3v) is 4.68. The van der Waals surface area contributed by atoms with Crippen LogP contribution in [0.4, 0.5) is 4.79 Å². The second-order valence-electron chi connectivity index (χ2n) is 6.69. The van der Waals surface area contributed by atoms with E-state index in [1.165, 1.54) is 12.8 Å². The highest BCUT2D eigenvalue weighted by Gasteiger charge is 2.22. The maximum Gasteiger partial charge on any atom is 0.315 e. The van der Waals surface area contributed by atoms with E-state index in [1.807, 2.05) is 24.3 Å². The van der Waals surface area contributed by atoms with Crippen LogP contribution < -0.4 is 15.4 Å². The molecular weight excluding hydrogens is 318 g/mol. The molecule has 2 amide bonds. The summed E-state index contributed by atoms with van der Waals surface area (Å²) in [6.45, 7) is 2.52. The summed E-state index contributed by atoms with van der Waals surface area (Å²) in [5.41, 5.74) is 0.988. The van der Waals surface area contributed by atoms with E-state index in [4.69, 9.17) is 4.74 Å². The summed E-state index contributed by atoms with van der Waals surface area (Å²) in [5, 5.41) is 14.0. The van der Waals surface area contributed by atoms with Gasteiger partial charge >= 0.3 is 6.03 Å². The fraction of sp³-hybridized carbons (Fsp3) is 0.500. The molecule has 0 saturated heterocycles. The van der Waals surface area contributed by atoms with Crippen molar-refractivity contribution in [1.82, 2.24) is 25.4 Å². The van der Waals surface area contributed by atoms with E-state index in [-0.39, 0.29) is 6.03 Å². The Bertz CT molecular complexity index is 754. The zero-order valence-electron chi connectivity index (χ0n) is 14.2. The minimum Gasteiger partial charge on any atom is -0.493 e. The number of fused-ring (bicyclic) bond motifs is 1. The van der Waals surface area contributed by atoms with Gasteiger partial charge in [0.1, 0.15) is 11.6 Å². The Hall–Kier alpha value is -2.57. The number of para-hydroxylation sites is 1. The Morgan fingerprint density at radius 1 is 1.20 bits per heavy atom. The number of benzene rings is 1. The number of ether oxygens (including phenoxy) is 1. The number of aryl methyl sites for hydroxylation is 1. The van der Waals surface area contributed by atoms with Crippen LogP contribution in [0.3, 0.4) is 0 Å². The first-order valence-corrected chi connectivity index (χ1v) is 8.93. The van der Waals surface area contributed by atoms with Crippen LogP contribution in [-0.2, 0) is 26.1 Å². The Morgan fingerprint density at radius 3 is 2.92 bits per heavy atom. The highest BCUT2D eigenvalue weighted by atomic mass is 16.5. The van der Waals surface area contributed by atoms with E-state index in [1.54, 1.807) is 0 Å². The summed E-state index contributed by atoms with van der Waals surface area (Å²) in [6.07, 6.45) is 4.59. The molecule has 0 atom stereocenters. The fourth-order valence-corrected chi connectivity index (χ4v) is 3.02. The molecule has 1 saturated carbocycles. The molecular formula is C18H23N5O2. The Morgan fingerprint density at radius 2 is 2.04 bits per heavy atom. The van der Waals surface area contributed by atoms with Gasteiger partial charge in [0.05, 0.1) is 13.2 Å². The summed E-state index contributed by atoms with van der Waals surface area (Å²) in [4.78, 5) is 12.1. The maximum absolute atomic E-state index is 12.1. The van der Waals surface area contributed by atoms with Gasteiger partial charge in [0.25, 0.3) is 0 Å². The van der Waals surface area contributed by atoms with E-state index in [2.05, 4.69) is 25.4 Å². The molecule has 25 heavy (non-hydrogen) atoms. The molecule has 4 rings (SSSR count). The predicted molar refractivity (Wildman–Crippen MR) is 92.1 cm³/mol. The van der Waals surface area contributed by atoms with Crippen molar-refractivity contribution in [2.45, 2.75) is 45.3 Å². The molecule has 2 aliphatic rings. The van der Waals surface area contributed by atoms with Gasteiger partial charge in [0, 0.05) is 25.1 Å². The Labute approximate surface area is 146 Å². The number of carbonyl (C=O) groups is 1. The van der Waals surface area contributed by atoms with Crippen molar-refractivity contribution in [2.24, 2.45) is 5.92 Å². The van der Waals surface area contributed by atoms with Gasteiger partial charge < -0.3 is 19.9 Å². The monoisotopic (exact) mass is 341 g/mol. The SMILES string of the molecule is O=C(NCc1ccccc1OCC1CC1)NCc1nnc2n1CCC2. The summed E-state index contributed by atoms with van der Waals surface area (Å²) >= 11 is 0. The first-order valence-electron chi connectivity index (χ1n) is 8.93. The molecule has 1 aliphatic carbocycles. The number of amides is 2. The third-order valence-electron chi connectivity index (χ3n) is 4.68. The van der Waals surface area contributed by atoms with E-state index in [9.17, 15) is 4.79 Å². The van der Waals surface area contributed by atoms with Gasteiger partial charge in [-0.3, -0.25) is 0 Å². The van der Waals surface area contributed by atoms with Crippen molar-refractivity contribution < 1.29 is 9.53 Å². The molecule has 7 heteroatoms. The van der Waals surface area contributed by atoms with Crippen LogP contribution in [0.1, 0.15) is 36.5 Å². The molecule has 0 spiro atoms. The van der Waals surface area contributed by atoms with Crippen LogP contribution >= 0.6 is 0 Å². The lowest BCUT2D eigenvalue weighted by atomic mass is 10.2. The minimum atomic E-state index is -0.215. The molecule has 1 aromatic heterocycles. The average molecular weight is 341 g/mol.